The zero-order chi connectivity index (χ0) is 15.7. The number of benzene rings is 1. The fraction of sp³-hybridized carbons (Fsp3) is 0.412. The van der Waals surface area contributed by atoms with Gasteiger partial charge in [-0.1, -0.05) is 30.3 Å². The van der Waals surface area contributed by atoms with E-state index >= 15 is 0 Å². The molecule has 0 spiro atoms. The van der Waals surface area contributed by atoms with Crippen molar-refractivity contribution in [3.63, 3.8) is 0 Å². The van der Waals surface area contributed by atoms with Crippen LogP contribution < -0.4 is 11.2 Å². The fourth-order valence-corrected chi connectivity index (χ4v) is 2.71. The van der Waals surface area contributed by atoms with E-state index < -0.39 is 0 Å². The smallest absolute Gasteiger partial charge is 0.331 e. The summed E-state index contributed by atoms with van der Waals surface area (Å²) in [5.41, 5.74) is 0.719. The zero-order valence-electron chi connectivity index (χ0n) is 12.7. The first kappa shape index (κ1) is 14.8. The highest BCUT2D eigenvalue weighted by Crippen LogP contribution is 2.45. The molecule has 1 fully saturated rings. The Labute approximate surface area is 128 Å². The Kier molecular flexibility index (Phi) is 3.74. The first-order chi connectivity index (χ1) is 10.5. The Morgan fingerprint density at radius 2 is 1.86 bits per heavy atom. The van der Waals surface area contributed by atoms with E-state index in [9.17, 15) is 14.7 Å². The average Bonchev–Trinajstić information content (AvgIpc) is 3.31. The van der Waals surface area contributed by atoms with Crippen molar-refractivity contribution >= 4 is 0 Å². The van der Waals surface area contributed by atoms with Crippen molar-refractivity contribution in [2.75, 3.05) is 6.61 Å². The lowest BCUT2D eigenvalue weighted by atomic mass is 10.1. The van der Waals surface area contributed by atoms with Crippen LogP contribution in [0.5, 0.6) is 0 Å². The van der Waals surface area contributed by atoms with Crippen molar-refractivity contribution in [2.45, 2.75) is 32.9 Å². The van der Waals surface area contributed by atoms with Crippen LogP contribution in [-0.4, -0.2) is 20.8 Å². The summed E-state index contributed by atoms with van der Waals surface area (Å²) in [5.74, 6) is 0. The normalized spacial score (nSPS) is 15.7. The molecule has 5 nitrogen and oxygen atoms in total. The van der Waals surface area contributed by atoms with Crippen LogP contribution in [0, 0.1) is 12.3 Å². The SMILES string of the molecule is Cc1cn(Cc2ccccc2)c(=O)n(CC2(CO)CC2)c1=O. The van der Waals surface area contributed by atoms with Gasteiger partial charge in [-0.05, 0) is 25.3 Å². The quantitative estimate of drug-likeness (QED) is 0.900. The molecule has 0 aliphatic heterocycles. The minimum Gasteiger partial charge on any atom is -0.396 e. The summed E-state index contributed by atoms with van der Waals surface area (Å²) in [6, 6.07) is 9.68. The molecular weight excluding hydrogens is 280 g/mol. The van der Waals surface area contributed by atoms with Crippen LogP contribution in [0.2, 0.25) is 0 Å². The molecular formula is C17H20N2O3. The summed E-state index contributed by atoms with van der Waals surface area (Å²) in [6.45, 7) is 2.48. The molecule has 5 heteroatoms. The van der Waals surface area contributed by atoms with Crippen LogP contribution in [0.1, 0.15) is 24.0 Å². The lowest BCUT2D eigenvalue weighted by molar-refractivity contribution is 0.191. The number of hydrogen-bond acceptors (Lipinski definition) is 3. The van der Waals surface area contributed by atoms with E-state index in [1.807, 2.05) is 30.3 Å². The number of hydrogen-bond donors (Lipinski definition) is 1. The number of aliphatic hydroxyl groups excluding tert-OH is 1. The minimum absolute atomic E-state index is 0.0194. The molecule has 0 saturated heterocycles. The molecule has 1 aliphatic carbocycles. The maximum Gasteiger partial charge on any atom is 0.331 e. The Morgan fingerprint density at radius 1 is 1.18 bits per heavy atom. The van der Waals surface area contributed by atoms with Gasteiger partial charge in [-0.2, -0.15) is 0 Å². The Hall–Kier alpha value is -2.14. The van der Waals surface area contributed by atoms with E-state index in [1.54, 1.807) is 17.7 Å². The molecule has 1 N–H and O–H groups in total. The van der Waals surface area contributed by atoms with Gasteiger partial charge in [0.2, 0.25) is 0 Å². The van der Waals surface area contributed by atoms with Crippen molar-refractivity contribution in [3.05, 3.63) is 68.5 Å². The minimum atomic E-state index is -0.306. The van der Waals surface area contributed by atoms with Gasteiger partial charge in [-0.3, -0.25) is 13.9 Å². The zero-order valence-corrected chi connectivity index (χ0v) is 12.7. The van der Waals surface area contributed by atoms with Gasteiger partial charge in [0.1, 0.15) is 0 Å². The molecule has 0 unspecified atom stereocenters. The third kappa shape index (κ3) is 2.76. The molecule has 0 amide bonds. The standard InChI is InChI=1S/C17H20N2O3/c1-13-9-18(10-14-5-3-2-4-6-14)16(22)19(15(13)21)11-17(12-20)7-8-17/h2-6,9,20H,7-8,10-12H2,1H3. The topological polar surface area (TPSA) is 64.2 Å². The molecule has 2 aromatic rings. The van der Waals surface area contributed by atoms with E-state index in [1.165, 1.54) is 4.57 Å². The van der Waals surface area contributed by atoms with Crippen LogP contribution in [-0.2, 0) is 13.1 Å². The highest BCUT2D eigenvalue weighted by molar-refractivity contribution is 5.16. The Bertz CT molecular complexity index is 786. The van der Waals surface area contributed by atoms with E-state index in [-0.39, 0.29) is 23.3 Å². The molecule has 0 radical (unpaired) electrons. The summed E-state index contributed by atoms with van der Waals surface area (Å²) in [5, 5.41) is 9.45. The number of nitrogens with zero attached hydrogens (tertiary/aromatic N) is 2. The third-order valence-corrected chi connectivity index (χ3v) is 4.39. The predicted octanol–water partition coefficient (Wildman–Crippen LogP) is 1.14. The number of aryl methyl sites for hydroxylation is 1. The summed E-state index contributed by atoms with van der Waals surface area (Å²) in [4.78, 5) is 24.9. The summed E-state index contributed by atoms with van der Waals surface area (Å²) < 4.78 is 2.85. The molecule has 1 aliphatic rings. The summed E-state index contributed by atoms with van der Waals surface area (Å²) in [7, 11) is 0. The molecule has 1 heterocycles. The van der Waals surface area contributed by atoms with Gasteiger partial charge in [0.05, 0.1) is 13.2 Å². The molecule has 3 rings (SSSR count). The lowest BCUT2D eigenvalue weighted by Crippen LogP contribution is -2.43. The third-order valence-electron chi connectivity index (χ3n) is 4.39. The van der Waals surface area contributed by atoms with Gasteiger partial charge in [0.25, 0.3) is 5.56 Å². The molecule has 1 saturated carbocycles. The largest absolute Gasteiger partial charge is 0.396 e. The van der Waals surface area contributed by atoms with Crippen molar-refractivity contribution < 1.29 is 5.11 Å². The Balaban J connectivity index is 2.00. The maximum absolute atomic E-state index is 12.6. The van der Waals surface area contributed by atoms with Gasteiger partial charge in [0, 0.05) is 23.7 Å². The van der Waals surface area contributed by atoms with Crippen molar-refractivity contribution in [1.29, 1.82) is 0 Å². The second-order valence-corrected chi connectivity index (χ2v) is 6.26. The molecule has 1 aromatic carbocycles. The highest BCUT2D eigenvalue weighted by Gasteiger charge is 2.43. The lowest BCUT2D eigenvalue weighted by Gasteiger charge is -2.16. The second-order valence-electron chi connectivity index (χ2n) is 6.26. The van der Waals surface area contributed by atoms with E-state index in [0.717, 1.165) is 18.4 Å². The fourth-order valence-electron chi connectivity index (χ4n) is 2.71. The van der Waals surface area contributed by atoms with Crippen LogP contribution in [0.15, 0.2) is 46.1 Å². The molecule has 116 valence electrons. The van der Waals surface area contributed by atoms with Crippen molar-refractivity contribution in [3.8, 4) is 0 Å². The van der Waals surface area contributed by atoms with Crippen LogP contribution in [0.25, 0.3) is 0 Å². The second kappa shape index (κ2) is 5.57. The van der Waals surface area contributed by atoms with E-state index in [0.29, 0.717) is 18.7 Å². The molecule has 0 atom stereocenters. The van der Waals surface area contributed by atoms with Gasteiger partial charge in [-0.15, -0.1) is 0 Å². The number of rotatable bonds is 5. The maximum atomic E-state index is 12.6. The predicted molar refractivity (Wildman–Crippen MR) is 84.0 cm³/mol. The van der Waals surface area contributed by atoms with Crippen LogP contribution in [0.4, 0.5) is 0 Å². The molecule has 22 heavy (non-hydrogen) atoms. The van der Waals surface area contributed by atoms with Gasteiger partial charge < -0.3 is 5.11 Å². The number of aliphatic hydroxyl groups is 1. The van der Waals surface area contributed by atoms with Crippen molar-refractivity contribution in [1.82, 2.24) is 9.13 Å². The number of aromatic nitrogens is 2. The van der Waals surface area contributed by atoms with Gasteiger partial charge >= 0.3 is 5.69 Å². The van der Waals surface area contributed by atoms with E-state index in [4.69, 9.17) is 0 Å². The van der Waals surface area contributed by atoms with Crippen LogP contribution in [0.3, 0.4) is 0 Å². The molecule has 0 bridgehead atoms. The highest BCUT2D eigenvalue weighted by atomic mass is 16.3. The summed E-state index contributed by atoms with van der Waals surface area (Å²) >= 11 is 0. The van der Waals surface area contributed by atoms with Crippen LogP contribution >= 0.6 is 0 Å². The molecule has 1 aromatic heterocycles. The Morgan fingerprint density at radius 3 is 2.45 bits per heavy atom. The van der Waals surface area contributed by atoms with E-state index in [2.05, 4.69) is 0 Å². The first-order valence-corrected chi connectivity index (χ1v) is 7.50. The van der Waals surface area contributed by atoms with Crippen molar-refractivity contribution in [2.24, 2.45) is 5.41 Å². The monoisotopic (exact) mass is 300 g/mol. The van der Waals surface area contributed by atoms with Gasteiger partial charge in [0.15, 0.2) is 0 Å². The summed E-state index contributed by atoms with van der Waals surface area (Å²) in [6.07, 6.45) is 3.34. The van der Waals surface area contributed by atoms with Gasteiger partial charge in [-0.25, -0.2) is 4.79 Å². The average molecular weight is 300 g/mol. The first-order valence-electron chi connectivity index (χ1n) is 7.50.